The van der Waals surface area contributed by atoms with Crippen LogP contribution in [0.4, 0.5) is 0 Å². The third-order valence-electron chi connectivity index (χ3n) is 3.41. The van der Waals surface area contributed by atoms with Crippen LogP contribution in [0.2, 0.25) is 0 Å². The number of hydrogen-bond donors (Lipinski definition) is 2. The van der Waals surface area contributed by atoms with Crippen LogP contribution < -0.4 is 5.32 Å². The summed E-state index contributed by atoms with van der Waals surface area (Å²) in [5, 5.41) is 14.2. The highest BCUT2D eigenvalue weighted by molar-refractivity contribution is 7.89. The third-order valence-corrected chi connectivity index (χ3v) is 6.40. The lowest BCUT2D eigenvalue weighted by atomic mass is 10.4. The van der Waals surface area contributed by atoms with Gasteiger partial charge in [0.2, 0.25) is 10.0 Å². The van der Waals surface area contributed by atoms with Gasteiger partial charge in [-0.25, -0.2) is 8.42 Å². The summed E-state index contributed by atoms with van der Waals surface area (Å²) in [6.07, 6.45) is 3.21. The lowest BCUT2D eigenvalue weighted by Gasteiger charge is -2.15. The van der Waals surface area contributed by atoms with Crippen molar-refractivity contribution in [3.8, 4) is 0 Å². The molecule has 118 valence electrons. The highest BCUT2D eigenvalue weighted by Crippen LogP contribution is 2.27. The molecule has 0 atom stereocenters. The van der Waals surface area contributed by atoms with Crippen LogP contribution in [0.25, 0.3) is 0 Å². The topological polar surface area (TPSA) is 108 Å². The van der Waals surface area contributed by atoms with Crippen molar-refractivity contribution in [1.29, 1.82) is 0 Å². The Labute approximate surface area is 131 Å². The quantitative estimate of drug-likeness (QED) is 0.827. The number of carbonyl (C=O) groups excluding carboxylic acids is 1. The van der Waals surface area contributed by atoms with E-state index in [-0.39, 0.29) is 16.3 Å². The standard InChI is InChI=1S/C12H15N5O3S2/c18-12(13-7-9-8-14-16-15-9)11-10(3-6-21-11)22(19,20)17-4-1-2-5-17/h3,6,8H,1-2,4-5,7H2,(H,13,18)(H,14,15,16). The van der Waals surface area contributed by atoms with Crippen LogP contribution >= 0.6 is 11.3 Å². The molecular formula is C12H15N5O3S2. The summed E-state index contributed by atoms with van der Waals surface area (Å²) in [5.41, 5.74) is 0.578. The molecule has 0 spiro atoms. The van der Waals surface area contributed by atoms with Gasteiger partial charge in [0.05, 0.1) is 12.7 Å². The second kappa shape index (κ2) is 6.15. The highest BCUT2D eigenvalue weighted by Gasteiger charge is 2.31. The molecule has 2 aromatic heterocycles. The Kier molecular flexibility index (Phi) is 4.23. The molecule has 0 aromatic carbocycles. The van der Waals surface area contributed by atoms with E-state index in [4.69, 9.17) is 0 Å². The van der Waals surface area contributed by atoms with Crippen LogP contribution in [-0.2, 0) is 16.6 Å². The van der Waals surface area contributed by atoms with Crippen molar-refractivity contribution in [2.24, 2.45) is 0 Å². The number of thiophene rings is 1. The van der Waals surface area contributed by atoms with E-state index in [0.717, 1.165) is 24.2 Å². The molecule has 0 aliphatic carbocycles. The average Bonchev–Trinajstić information content (AvgIpc) is 3.26. The number of amides is 1. The number of nitrogens with zero attached hydrogens (tertiary/aromatic N) is 3. The average molecular weight is 341 g/mol. The van der Waals surface area contributed by atoms with Gasteiger partial charge < -0.3 is 5.32 Å². The molecule has 8 nitrogen and oxygen atoms in total. The first-order valence-electron chi connectivity index (χ1n) is 6.79. The first kappa shape index (κ1) is 15.1. The Bertz CT molecular complexity index is 748. The van der Waals surface area contributed by atoms with Crippen LogP contribution in [0.15, 0.2) is 22.5 Å². The van der Waals surface area contributed by atoms with Crippen LogP contribution in [0.5, 0.6) is 0 Å². The number of aromatic nitrogens is 3. The van der Waals surface area contributed by atoms with Crippen molar-refractivity contribution in [3.63, 3.8) is 0 Å². The highest BCUT2D eigenvalue weighted by atomic mass is 32.2. The van der Waals surface area contributed by atoms with Gasteiger partial charge >= 0.3 is 0 Å². The summed E-state index contributed by atoms with van der Waals surface area (Å²) in [4.78, 5) is 12.5. The second-order valence-electron chi connectivity index (χ2n) is 4.87. The van der Waals surface area contributed by atoms with Gasteiger partial charge in [0.15, 0.2) is 0 Å². The molecule has 2 N–H and O–H groups in total. The lowest BCUT2D eigenvalue weighted by Crippen LogP contribution is -2.30. The molecular weight excluding hydrogens is 326 g/mol. The van der Waals surface area contributed by atoms with Gasteiger partial charge in [-0.1, -0.05) is 0 Å². The predicted octanol–water partition coefficient (Wildman–Crippen LogP) is 0.581. The molecule has 3 heterocycles. The minimum Gasteiger partial charge on any atom is -0.346 e. The number of aromatic amines is 1. The molecule has 2 aromatic rings. The van der Waals surface area contributed by atoms with Gasteiger partial charge in [-0.15, -0.1) is 11.3 Å². The van der Waals surface area contributed by atoms with Crippen LogP contribution in [0, 0.1) is 0 Å². The maximum atomic E-state index is 12.6. The number of hydrogen-bond acceptors (Lipinski definition) is 6. The van der Waals surface area contributed by atoms with Crippen LogP contribution in [0.3, 0.4) is 0 Å². The molecule has 3 rings (SSSR count). The van der Waals surface area contributed by atoms with E-state index >= 15 is 0 Å². The van der Waals surface area contributed by atoms with E-state index in [1.54, 1.807) is 5.38 Å². The number of nitrogens with one attached hydrogen (secondary N) is 2. The normalized spacial score (nSPS) is 16.0. The molecule has 1 fully saturated rings. The zero-order valence-electron chi connectivity index (χ0n) is 11.7. The summed E-state index contributed by atoms with van der Waals surface area (Å²) in [6, 6.07) is 1.49. The number of H-pyrrole nitrogens is 1. The van der Waals surface area contributed by atoms with Gasteiger partial charge in [-0.3, -0.25) is 4.79 Å². The molecule has 0 unspecified atom stereocenters. The third kappa shape index (κ3) is 2.89. The van der Waals surface area contributed by atoms with Crippen LogP contribution in [-0.4, -0.2) is 47.1 Å². The zero-order valence-corrected chi connectivity index (χ0v) is 13.3. The zero-order chi connectivity index (χ0) is 15.6. The molecule has 1 saturated heterocycles. The summed E-state index contributed by atoms with van der Waals surface area (Å²) in [5.74, 6) is -0.421. The monoisotopic (exact) mass is 341 g/mol. The Balaban J connectivity index is 1.78. The van der Waals surface area contributed by atoms with E-state index in [0.29, 0.717) is 18.8 Å². The smallest absolute Gasteiger partial charge is 0.263 e. The Hall–Kier alpha value is -1.78. The summed E-state index contributed by atoms with van der Waals surface area (Å²) >= 11 is 1.12. The SMILES string of the molecule is O=C(NCc1cn[nH]n1)c1sccc1S(=O)(=O)N1CCCC1. The van der Waals surface area contributed by atoms with Crippen molar-refractivity contribution in [3.05, 3.63) is 28.2 Å². The van der Waals surface area contributed by atoms with Gasteiger partial charge in [-0.05, 0) is 24.3 Å². The summed E-state index contributed by atoms with van der Waals surface area (Å²) < 4.78 is 26.6. The van der Waals surface area contributed by atoms with Gasteiger partial charge in [-0.2, -0.15) is 19.7 Å². The molecule has 22 heavy (non-hydrogen) atoms. The first-order chi connectivity index (χ1) is 10.6. The van der Waals surface area contributed by atoms with Crippen molar-refractivity contribution < 1.29 is 13.2 Å². The Morgan fingerprint density at radius 1 is 1.41 bits per heavy atom. The maximum Gasteiger partial charge on any atom is 0.263 e. The van der Waals surface area contributed by atoms with Gasteiger partial charge in [0, 0.05) is 13.1 Å². The maximum absolute atomic E-state index is 12.6. The fourth-order valence-corrected chi connectivity index (χ4v) is 5.13. The van der Waals surface area contributed by atoms with E-state index in [9.17, 15) is 13.2 Å². The Morgan fingerprint density at radius 3 is 2.86 bits per heavy atom. The number of rotatable bonds is 5. The van der Waals surface area contributed by atoms with E-state index in [1.807, 2.05) is 0 Å². The summed E-state index contributed by atoms with van der Waals surface area (Å²) in [7, 11) is -3.59. The predicted molar refractivity (Wildman–Crippen MR) is 79.9 cm³/mol. The van der Waals surface area contributed by atoms with Crippen molar-refractivity contribution >= 4 is 27.3 Å². The molecule has 1 amide bonds. The van der Waals surface area contributed by atoms with Crippen molar-refractivity contribution in [1.82, 2.24) is 25.0 Å². The van der Waals surface area contributed by atoms with Gasteiger partial charge in [0.1, 0.15) is 15.5 Å². The van der Waals surface area contributed by atoms with Crippen molar-refractivity contribution in [2.75, 3.05) is 13.1 Å². The number of sulfonamides is 1. The summed E-state index contributed by atoms with van der Waals surface area (Å²) in [6.45, 7) is 1.22. The van der Waals surface area contributed by atoms with Crippen LogP contribution in [0.1, 0.15) is 28.2 Å². The first-order valence-corrected chi connectivity index (χ1v) is 9.11. The Morgan fingerprint density at radius 2 is 2.18 bits per heavy atom. The second-order valence-corrected chi connectivity index (χ2v) is 7.69. The van der Waals surface area contributed by atoms with E-state index in [2.05, 4.69) is 20.7 Å². The minimum atomic E-state index is -3.59. The fraction of sp³-hybridized carbons (Fsp3) is 0.417. The molecule has 0 bridgehead atoms. The molecule has 0 saturated carbocycles. The molecule has 1 aliphatic rings. The largest absolute Gasteiger partial charge is 0.346 e. The molecule has 1 aliphatic heterocycles. The van der Waals surface area contributed by atoms with E-state index in [1.165, 1.54) is 16.6 Å². The van der Waals surface area contributed by atoms with Crippen molar-refractivity contribution in [2.45, 2.75) is 24.3 Å². The lowest BCUT2D eigenvalue weighted by molar-refractivity contribution is 0.0951. The van der Waals surface area contributed by atoms with Gasteiger partial charge in [0.25, 0.3) is 5.91 Å². The fourth-order valence-electron chi connectivity index (χ4n) is 2.30. The molecule has 0 radical (unpaired) electrons. The molecule has 10 heteroatoms. The number of carbonyl (C=O) groups is 1. The van der Waals surface area contributed by atoms with E-state index < -0.39 is 15.9 Å². The minimum absolute atomic E-state index is 0.0806.